The molecule has 0 amide bonds. The third kappa shape index (κ3) is 3.07. The van der Waals surface area contributed by atoms with E-state index in [-0.39, 0.29) is 6.04 Å². The van der Waals surface area contributed by atoms with Crippen LogP contribution in [-0.4, -0.2) is 9.78 Å². The van der Waals surface area contributed by atoms with E-state index in [0.29, 0.717) is 0 Å². The van der Waals surface area contributed by atoms with E-state index >= 15 is 0 Å². The molecule has 0 spiro atoms. The lowest BCUT2D eigenvalue weighted by Crippen LogP contribution is -2.18. The number of aromatic nitrogens is 2. The number of nitrogens with two attached hydrogens (primary N) is 1. The summed E-state index contributed by atoms with van der Waals surface area (Å²) < 4.78 is 2.97. The second-order valence-corrected chi connectivity index (χ2v) is 5.53. The Labute approximate surface area is 122 Å². The molecule has 19 heavy (non-hydrogen) atoms. The lowest BCUT2D eigenvalue weighted by Gasteiger charge is -2.15. The van der Waals surface area contributed by atoms with Gasteiger partial charge in [-0.25, -0.2) is 0 Å². The van der Waals surface area contributed by atoms with Crippen molar-refractivity contribution in [1.82, 2.24) is 9.78 Å². The van der Waals surface area contributed by atoms with Crippen LogP contribution in [0.15, 0.2) is 34.9 Å². The Bertz CT molecular complexity index is 531. The predicted molar refractivity (Wildman–Crippen MR) is 82.1 cm³/mol. The summed E-state index contributed by atoms with van der Waals surface area (Å²) in [6.07, 6.45) is 3.92. The summed E-state index contributed by atoms with van der Waals surface area (Å²) in [5.74, 6) is 0. The Kier molecular flexibility index (Phi) is 4.77. The second kappa shape index (κ2) is 6.35. The lowest BCUT2D eigenvalue weighted by molar-refractivity contribution is 0.559. The average molecular weight is 322 g/mol. The van der Waals surface area contributed by atoms with Crippen molar-refractivity contribution in [2.45, 2.75) is 39.3 Å². The molecule has 1 unspecified atom stereocenters. The fourth-order valence-corrected chi connectivity index (χ4v) is 2.73. The van der Waals surface area contributed by atoms with Gasteiger partial charge in [0.05, 0.1) is 22.4 Å². The largest absolute Gasteiger partial charge is 0.319 e. The Morgan fingerprint density at radius 2 is 1.95 bits per heavy atom. The minimum Gasteiger partial charge on any atom is -0.319 e. The number of aryl methyl sites for hydroxylation is 2. The van der Waals surface area contributed by atoms with Crippen molar-refractivity contribution in [1.29, 1.82) is 0 Å². The van der Waals surface area contributed by atoms with Crippen LogP contribution in [0, 0.1) is 0 Å². The Morgan fingerprint density at radius 3 is 2.53 bits per heavy atom. The number of nitrogens with zero attached hydrogens (tertiary/aromatic N) is 2. The van der Waals surface area contributed by atoms with Crippen LogP contribution in [-0.2, 0) is 13.0 Å². The smallest absolute Gasteiger partial charge is 0.0738 e. The van der Waals surface area contributed by atoms with Gasteiger partial charge in [-0.1, -0.05) is 38.1 Å². The summed E-state index contributed by atoms with van der Waals surface area (Å²) in [7, 11) is 0. The van der Waals surface area contributed by atoms with E-state index in [2.05, 4.69) is 59.1 Å². The molecule has 1 heterocycles. The Balaban J connectivity index is 2.31. The highest BCUT2D eigenvalue weighted by Gasteiger charge is 2.17. The van der Waals surface area contributed by atoms with Crippen molar-refractivity contribution in [3.8, 4) is 0 Å². The zero-order valence-corrected chi connectivity index (χ0v) is 13.0. The van der Waals surface area contributed by atoms with Gasteiger partial charge < -0.3 is 5.73 Å². The molecule has 0 saturated heterocycles. The van der Waals surface area contributed by atoms with Crippen molar-refractivity contribution < 1.29 is 0 Å². The maximum atomic E-state index is 6.39. The molecule has 102 valence electrons. The maximum absolute atomic E-state index is 6.39. The summed E-state index contributed by atoms with van der Waals surface area (Å²) in [5.41, 5.74) is 9.89. The quantitative estimate of drug-likeness (QED) is 0.913. The first-order chi connectivity index (χ1) is 9.17. The Morgan fingerprint density at radius 1 is 1.26 bits per heavy atom. The molecule has 0 aliphatic carbocycles. The van der Waals surface area contributed by atoms with Crippen LogP contribution in [0.1, 0.15) is 43.1 Å². The molecular formula is C15H20BrN3. The summed E-state index contributed by atoms with van der Waals surface area (Å²) in [4.78, 5) is 0. The van der Waals surface area contributed by atoms with Crippen LogP contribution in [0.25, 0.3) is 0 Å². The van der Waals surface area contributed by atoms with E-state index in [0.717, 1.165) is 35.1 Å². The molecule has 0 aliphatic rings. The first-order valence-electron chi connectivity index (χ1n) is 6.73. The van der Waals surface area contributed by atoms with Gasteiger partial charge in [0.25, 0.3) is 0 Å². The average Bonchev–Trinajstić information content (AvgIpc) is 2.80. The second-order valence-electron chi connectivity index (χ2n) is 4.67. The first-order valence-corrected chi connectivity index (χ1v) is 7.52. The molecule has 0 aliphatic heterocycles. The third-order valence-electron chi connectivity index (χ3n) is 3.31. The number of hydrogen-bond donors (Lipinski definition) is 1. The SMILES string of the molecule is CCCn1ncc(Br)c1C(N)c1ccc(CC)cc1. The molecule has 2 aromatic rings. The first kappa shape index (κ1) is 14.3. The number of hydrogen-bond acceptors (Lipinski definition) is 2. The van der Waals surface area contributed by atoms with E-state index in [1.165, 1.54) is 5.56 Å². The van der Waals surface area contributed by atoms with E-state index in [1.54, 1.807) is 0 Å². The molecule has 2 rings (SSSR count). The van der Waals surface area contributed by atoms with Gasteiger partial charge >= 0.3 is 0 Å². The van der Waals surface area contributed by atoms with Gasteiger partial charge in [-0.2, -0.15) is 5.10 Å². The number of rotatable bonds is 5. The standard InChI is InChI=1S/C15H20BrN3/c1-3-9-19-15(13(16)10-18-19)14(17)12-7-5-11(4-2)6-8-12/h5-8,10,14H,3-4,9,17H2,1-2H3. The van der Waals surface area contributed by atoms with E-state index in [4.69, 9.17) is 5.73 Å². The van der Waals surface area contributed by atoms with Crippen molar-refractivity contribution in [2.24, 2.45) is 5.73 Å². The number of benzene rings is 1. The van der Waals surface area contributed by atoms with Crippen molar-refractivity contribution in [3.05, 3.63) is 51.8 Å². The monoisotopic (exact) mass is 321 g/mol. The zero-order valence-electron chi connectivity index (χ0n) is 11.4. The molecule has 1 aromatic heterocycles. The van der Waals surface area contributed by atoms with Crippen LogP contribution < -0.4 is 5.73 Å². The third-order valence-corrected chi connectivity index (χ3v) is 3.92. The summed E-state index contributed by atoms with van der Waals surface area (Å²) >= 11 is 3.55. The fourth-order valence-electron chi connectivity index (χ4n) is 2.19. The van der Waals surface area contributed by atoms with Gasteiger partial charge in [0.2, 0.25) is 0 Å². The maximum Gasteiger partial charge on any atom is 0.0738 e. The van der Waals surface area contributed by atoms with Gasteiger partial charge in [-0.15, -0.1) is 0 Å². The molecule has 4 heteroatoms. The molecule has 2 N–H and O–H groups in total. The lowest BCUT2D eigenvalue weighted by atomic mass is 10.0. The number of halogens is 1. The fraction of sp³-hybridized carbons (Fsp3) is 0.400. The van der Waals surface area contributed by atoms with E-state index in [9.17, 15) is 0 Å². The van der Waals surface area contributed by atoms with Crippen LogP contribution in [0.4, 0.5) is 0 Å². The molecule has 0 bridgehead atoms. The van der Waals surface area contributed by atoms with Crippen LogP contribution in [0.5, 0.6) is 0 Å². The minimum absolute atomic E-state index is 0.144. The summed E-state index contributed by atoms with van der Waals surface area (Å²) in [6, 6.07) is 8.36. The van der Waals surface area contributed by atoms with Crippen molar-refractivity contribution >= 4 is 15.9 Å². The van der Waals surface area contributed by atoms with Gasteiger partial charge in [0.15, 0.2) is 0 Å². The topological polar surface area (TPSA) is 43.8 Å². The van der Waals surface area contributed by atoms with Crippen LogP contribution in [0.3, 0.4) is 0 Å². The highest BCUT2D eigenvalue weighted by molar-refractivity contribution is 9.10. The van der Waals surface area contributed by atoms with Crippen LogP contribution in [0.2, 0.25) is 0 Å². The molecule has 3 nitrogen and oxygen atoms in total. The molecule has 0 radical (unpaired) electrons. The summed E-state index contributed by atoms with van der Waals surface area (Å²) in [6.45, 7) is 5.18. The van der Waals surface area contributed by atoms with Crippen molar-refractivity contribution in [2.75, 3.05) is 0 Å². The van der Waals surface area contributed by atoms with Gasteiger partial charge in [0, 0.05) is 6.54 Å². The van der Waals surface area contributed by atoms with Crippen LogP contribution >= 0.6 is 15.9 Å². The van der Waals surface area contributed by atoms with Crippen molar-refractivity contribution in [3.63, 3.8) is 0 Å². The molecule has 0 saturated carbocycles. The molecule has 1 aromatic carbocycles. The van der Waals surface area contributed by atoms with E-state index in [1.807, 2.05) is 10.9 Å². The van der Waals surface area contributed by atoms with E-state index < -0.39 is 0 Å². The molecule has 0 fully saturated rings. The minimum atomic E-state index is -0.144. The normalized spacial score (nSPS) is 12.6. The van der Waals surface area contributed by atoms with Gasteiger partial charge in [-0.05, 0) is 39.9 Å². The molecule has 1 atom stereocenters. The van der Waals surface area contributed by atoms with Gasteiger partial charge in [0.1, 0.15) is 0 Å². The predicted octanol–water partition coefficient (Wildman–Crippen LogP) is 3.67. The molecular weight excluding hydrogens is 302 g/mol. The summed E-state index contributed by atoms with van der Waals surface area (Å²) in [5, 5.41) is 4.38. The highest BCUT2D eigenvalue weighted by Crippen LogP contribution is 2.27. The highest BCUT2D eigenvalue weighted by atomic mass is 79.9. The van der Waals surface area contributed by atoms with Gasteiger partial charge in [-0.3, -0.25) is 4.68 Å². The Hall–Kier alpha value is -1.13. The zero-order chi connectivity index (χ0) is 13.8.